The third-order valence-electron chi connectivity index (χ3n) is 4.00. The van der Waals surface area contributed by atoms with E-state index in [4.69, 9.17) is 0 Å². The number of para-hydroxylation sites is 1. The molecule has 0 fully saturated rings. The second-order valence-electron chi connectivity index (χ2n) is 5.36. The predicted molar refractivity (Wildman–Crippen MR) is 89.3 cm³/mol. The molecule has 4 nitrogen and oxygen atoms in total. The van der Waals surface area contributed by atoms with Crippen LogP contribution >= 0.6 is 0 Å². The van der Waals surface area contributed by atoms with Crippen molar-refractivity contribution in [3.8, 4) is 0 Å². The fourth-order valence-corrected chi connectivity index (χ4v) is 2.88. The number of rotatable bonds is 3. The number of anilines is 1. The fraction of sp³-hybridized carbons (Fsp3) is 0.222. The summed E-state index contributed by atoms with van der Waals surface area (Å²) in [6.07, 6.45) is 1.69. The van der Waals surface area contributed by atoms with Crippen LogP contribution in [0, 0.1) is 13.8 Å². The van der Waals surface area contributed by atoms with Gasteiger partial charge in [-0.15, -0.1) is 0 Å². The molecule has 3 aromatic rings. The summed E-state index contributed by atoms with van der Waals surface area (Å²) in [6, 6.07) is 11.9. The summed E-state index contributed by atoms with van der Waals surface area (Å²) in [5.74, 6) is 0.497. The van der Waals surface area contributed by atoms with Crippen molar-refractivity contribution in [3.05, 3.63) is 59.4 Å². The van der Waals surface area contributed by atoms with Crippen molar-refractivity contribution < 1.29 is 4.79 Å². The zero-order chi connectivity index (χ0) is 15.7. The van der Waals surface area contributed by atoms with Crippen LogP contribution in [0.3, 0.4) is 0 Å². The highest BCUT2D eigenvalue weighted by atomic mass is 16.2. The van der Waals surface area contributed by atoms with E-state index < -0.39 is 0 Å². The minimum Gasteiger partial charge on any atom is -0.337 e. The number of benzene rings is 1. The van der Waals surface area contributed by atoms with Gasteiger partial charge in [-0.1, -0.05) is 24.3 Å². The molecule has 112 valence electrons. The lowest BCUT2D eigenvalue weighted by atomic mass is 10.1. The van der Waals surface area contributed by atoms with Crippen molar-refractivity contribution in [1.82, 2.24) is 9.55 Å². The van der Waals surface area contributed by atoms with E-state index in [1.807, 2.05) is 38.1 Å². The molecule has 0 saturated heterocycles. The van der Waals surface area contributed by atoms with Crippen LogP contribution in [-0.2, 0) is 6.54 Å². The molecule has 1 amide bonds. The number of hydrogen-bond donors (Lipinski definition) is 1. The summed E-state index contributed by atoms with van der Waals surface area (Å²) < 4.78 is 2.05. The molecule has 2 aromatic heterocycles. The Morgan fingerprint density at radius 3 is 2.68 bits per heavy atom. The number of carbonyl (C=O) groups excluding carboxylic acids is 1. The van der Waals surface area contributed by atoms with Gasteiger partial charge in [0.15, 0.2) is 0 Å². The Labute approximate surface area is 129 Å². The average molecular weight is 293 g/mol. The SMILES string of the molecule is CCn1c(C(=O)Nc2ncccc2C)c(C)c2ccccc21. The molecular formula is C18H19N3O. The van der Waals surface area contributed by atoms with Gasteiger partial charge >= 0.3 is 0 Å². The van der Waals surface area contributed by atoms with E-state index in [9.17, 15) is 4.79 Å². The first-order valence-corrected chi connectivity index (χ1v) is 7.44. The number of aromatic nitrogens is 2. The quantitative estimate of drug-likeness (QED) is 0.795. The monoisotopic (exact) mass is 293 g/mol. The third-order valence-corrected chi connectivity index (χ3v) is 4.00. The van der Waals surface area contributed by atoms with E-state index in [0.29, 0.717) is 11.5 Å². The highest BCUT2D eigenvalue weighted by molar-refractivity contribution is 6.08. The number of amides is 1. The topological polar surface area (TPSA) is 46.9 Å². The number of fused-ring (bicyclic) bond motifs is 1. The number of pyridine rings is 1. The second kappa shape index (κ2) is 5.64. The highest BCUT2D eigenvalue weighted by Gasteiger charge is 2.19. The standard InChI is InChI=1S/C18H19N3O/c1-4-21-15-10-6-5-9-14(15)13(3)16(21)18(22)20-17-12(2)8-7-11-19-17/h5-11H,4H2,1-3H3,(H,19,20,22). The molecule has 0 aliphatic carbocycles. The summed E-state index contributed by atoms with van der Waals surface area (Å²) in [5.41, 5.74) is 3.75. The Bertz CT molecular complexity index is 849. The summed E-state index contributed by atoms with van der Waals surface area (Å²) in [5, 5.41) is 4.05. The Morgan fingerprint density at radius 2 is 1.95 bits per heavy atom. The van der Waals surface area contributed by atoms with E-state index in [2.05, 4.69) is 33.9 Å². The maximum atomic E-state index is 12.8. The van der Waals surface area contributed by atoms with Gasteiger partial charge in [0.2, 0.25) is 0 Å². The first kappa shape index (κ1) is 14.3. The summed E-state index contributed by atoms with van der Waals surface area (Å²) in [7, 11) is 0. The number of carbonyl (C=O) groups is 1. The molecule has 3 rings (SSSR count). The molecule has 0 aliphatic heterocycles. The summed E-state index contributed by atoms with van der Waals surface area (Å²) in [4.78, 5) is 17.0. The number of aryl methyl sites for hydroxylation is 3. The minimum atomic E-state index is -0.114. The van der Waals surface area contributed by atoms with Crippen molar-refractivity contribution in [3.63, 3.8) is 0 Å². The Kier molecular flexibility index (Phi) is 3.67. The van der Waals surface area contributed by atoms with Gasteiger partial charge in [0.25, 0.3) is 5.91 Å². The van der Waals surface area contributed by atoms with Crippen LogP contribution in [0.25, 0.3) is 10.9 Å². The van der Waals surface area contributed by atoms with Crippen molar-refractivity contribution in [2.45, 2.75) is 27.3 Å². The maximum absolute atomic E-state index is 12.8. The van der Waals surface area contributed by atoms with Crippen molar-refractivity contribution >= 4 is 22.6 Å². The van der Waals surface area contributed by atoms with Crippen molar-refractivity contribution in [2.75, 3.05) is 5.32 Å². The van der Waals surface area contributed by atoms with Crippen LogP contribution in [0.5, 0.6) is 0 Å². The number of nitrogens with one attached hydrogen (secondary N) is 1. The van der Waals surface area contributed by atoms with Crippen LogP contribution in [0.2, 0.25) is 0 Å². The van der Waals surface area contributed by atoms with Gasteiger partial charge in [-0.05, 0) is 44.0 Å². The summed E-state index contributed by atoms with van der Waals surface area (Å²) in [6.45, 7) is 6.73. The van der Waals surface area contributed by atoms with Gasteiger partial charge in [-0.2, -0.15) is 0 Å². The molecule has 1 aromatic carbocycles. The van der Waals surface area contributed by atoms with Gasteiger partial charge in [-0.3, -0.25) is 4.79 Å². The molecule has 0 saturated carbocycles. The smallest absolute Gasteiger partial charge is 0.273 e. The Hall–Kier alpha value is -2.62. The van der Waals surface area contributed by atoms with Gasteiger partial charge in [0.1, 0.15) is 11.5 Å². The lowest BCUT2D eigenvalue weighted by Crippen LogP contribution is -2.19. The summed E-state index contributed by atoms with van der Waals surface area (Å²) >= 11 is 0. The van der Waals surface area contributed by atoms with E-state index >= 15 is 0 Å². The number of hydrogen-bond acceptors (Lipinski definition) is 2. The van der Waals surface area contributed by atoms with Gasteiger partial charge in [0.05, 0.1) is 0 Å². The first-order chi connectivity index (χ1) is 10.6. The zero-order valence-electron chi connectivity index (χ0n) is 13.1. The Morgan fingerprint density at radius 1 is 1.18 bits per heavy atom. The van der Waals surface area contributed by atoms with E-state index in [-0.39, 0.29) is 5.91 Å². The molecule has 22 heavy (non-hydrogen) atoms. The van der Waals surface area contributed by atoms with Crippen molar-refractivity contribution in [1.29, 1.82) is 0 Å². The van der Waals surface area contributed by atoms with E-state index in [1.165, 1.54) is 0 Å². The van der Waals surface area contributed by atoms with Gasteiger partial charge < -0.3 is 9.88 Å². The lowest BCUT2D eigenvalue weighted by Gasteiger charge is -2.10. The lowest BCUT2D eigenvalue weighted by molar-refractivity contribution is 0.101. The van der Waals surface area contributed by atoms with Gasteiger partial charge in [-0.25, -0.2) is 4.98 Å². The normalized spacial score (nSPS) is 10.9. The molecule has 0 aliphatic rings. The molecular weight excluding hydrogens is 274 g/mol. The first-order valence-electron chi connectivity index (χ1n) is 7.44. The molecule has 1 N–H and O–H groups in total. The Balaban J connectivity index is 2.08. The van der Waals surface area contributed by atoms with E-state index in [0.717, 1.165) is 28.6 Å². The molecule has 4 heteroatoms. The number of nitrogens with zero attached hydrogens (tertiary/aromatic N) is 2. The fourth-order valence-electron chi connectivity index (χ4n) is 2.88. The third kappa shape index (κ3) is 2.26. The van der Waals surface area contributed by atoms with Crippen LogP contribution in [0.4, 0.5) is 5.82 Å². The zero-order valence-corrected chi connectivity index (χ0v) is 13.1. The second-order valence-corrected chi connectivity index (χ2v) is 5.36. The van der Waals surface area contributed by atoms with Crippen LogP contribution < -0.4 is 5.32 Å². The highest BCUT2D eigenvalue weighted by Crippen LogP contribution is 2.26. The molecule has 0 radical (unpaired) electrons. The van der Waals surface area contributed by atoms with E-state index in [1.54, 1.807) is 6.20 Å². The molecule has 0 bridgehead atoms. The minimum absolute atomic E-state index is 0.114. The largest absolute Gasteiger partial charge is 0.337 e. The average Bonchev–Trinajstić information content (AvgIpc) is 2.82. The predicted octanol–water partition coefficient (Wildman–Crippen LogP) is 3.93. The van der Waals surface area contributed by atoms with Crippen LogP contribution in [0.1, 0.15) is 28.5 Å². The molecule has 0 atom stereocenters. The van der Waals surface area contributed by atoms with Crippen molar-refractivity contribution in [2.24, 2.45) is 0 Å². The van der Waals surface area contributed by atoms with Crippen LogP contribution in [-0.4, -0.2) is 15.5 Å². The van der Waals surface area contributed by atoms with Gasteiger partial charge in [0, 0.05) is 23.6 Å². The van der Waals surface area contributed by atoms with Crippen LogP contribution in [0.15, 0.2) is 42.6 Å². The maximum Gasteiger partial charge on any atom is 0.273 e. The molecule has 0 unspecified atom stereocenters. The molecule has 2 heterocycles. The molecule has 0 spiro atoms.